The molecular weight excluding hydrogens is 322 g/mol. The predicted octanol–water partition coefficient (Wildman–Crippen LogP) is 2.71. The van der Waals surface area contributed by atoms with Crippen LogP contribution < -0.4 is 10.5 Å². The third-order valence-electron chi connectivity index (χ3n) is 4.07. The smallest absolute Gasteiger partial charge is 0.264 e. The first-order valence-corrected chi connectivity index (χ1v) is 9.14. The third kappa shape index (κ3) is 3.94. The van der Waals surface area contributed by atoms with E-state index in [-0.39, 0.29) is 10.9 Å². The lowest BCUT2D eigenvalue weighted by molar-refractivity contribution is 0.590. The number of aryl methyl sites for hydroxylation is 2. The summed E-state index contributed by atoms with van der Waals surface area (Å²) < 4.78 is 27.7. The van der Waals surface area contributed by atoms with Gasteiger partial charge in [0.2, 0.25) is 5.96 Å². The summed E-state index contributed by atoms with van der Waals surface area (Å²) in [6.45, 7) is 7.79. The van der Waals surface area contributed by atoms with Crippen molar-refractivity contribution in [3.05, 3.63) is 64.2 Å². The Bertz CT molecular complexity index is 873. The summed E-state index contributed by atoms with van der Waals surface area (Å²) in [7, 11) is -3.77. The Morgan fingerprint density at radius 3 is 2.29 bits per heavy atom. The molecule has 5 nitrogen and oxygen atoms in total. The molecule has 0 amide bonds. The Kier molecular flexibility index (Phi) is 5.29. The molecule has 0 saturated heterocycles. The molecule has 24 heavy (non-hydrogen) atoms. The van der Waals surface area contributed by atoms with Gasteiger partial charge in [-0.05, 0) is 55.5 Å². The fourth-order valence-electron chi connectivity index (χ4n) is 2.65. The Morgan fingerprint density at radius 2 is 1.67 bits per heavy atom. The van der Waals surface area contributed by atoms with Gasteiger partial charge in [0, 0.05) is 0 Å². The quantitative estimate of drug-likeness (QED) is 0.660. The number of benzene rings is 2. The van der Waals surface area contributed by atoms with E-state index in [1.54, 1.807) is 13.8 Å². The molecule has 2 rings (SSSR count). The number of nitrogens with zero attached hydrogens (tertiary/aromatic N) is 1. The molecule has 0 spiro atoms. The van der Waals surface area contributed by atoms with Gasteiger partial charge in [-0.25, -0.2) is 18.1 Å². The number of nitrogens with one attached hydrogen (secondary N) is 1. The molecule has 0 saturated carbocycles. The van der Waals surface area contributed by atoms with Gasteiger partial charge < -0.3 is 5.73 Å². The highest BCUT2D eigenvalue weighted by atomic mass is 32.2. The number of sulfonamides is 1. The predicted molar refractivity (Wildman–Crippen MR) is 97.5 cm³/mol. The highest BCUT2D eigenvalue weighted by molar-refractivity contribution is 7.90. The third-order valence-corrected chi connectivity index (χ3v) is 5.71. The van der Waals surface area contributed by atoms with Crippen LogP contribution in [-0.2, 0) is 16.6 Å². The number of hydrogen-bond donors (Lipinski definition) is 2. The average molecular weight is 345 g/mol. The molecule has 128 valence electrons. The van der Waals surface area contributed by atoms with Gasteiger partial charge in [0.25, 0.3) is 10.0 Å². The lowest BCUT2D eigenvalue weighted by atomic mass is 10.0. The lowest BCUT2D eigenvalue weighted by Crippen LogP contribution is -2.37. The van der Waals surface area contributed by atoms with Crippen molar-refractivity contribution in [3.8, 4) is 0 Å². The monoisotopic (exact) mass is 345 g/mol. The van der Waals surface area contributed by atoms with Crippen LogP contribution in [0.3, 0.4) is 0 Å². The molecule has 3 N–H and O–H groups in total. The maximum atomic E-state index is 12.7. The van der Waals surface area contributed by atoms with Crippen LogP contribution in [0.5, 0.6) is 0 Å². The molecule has 0 aliphatic heterocycles. The van der Waals surface area contributed by atoms with Gasteiger partial charge in [0.1, 0.15) is 0 Å². The molecule has 2 aromatic rings. The van der Waals surface area contributed by atoms with Crippen molar-refractivity contribution in [2.45, 2.75) is 39.1 Å². The van der Waals surface area contributed by atoms with E-state index in [4.69, 9.17) is 5.73 Å². The standard InChI is InChI=1S/C18H23N3O2S/c1-12-10-13(2)17(15(4)14(12)3)24(22,23)21-18(19)20-11-16-8-6-5-7-9-16/h5-10H,11H2,1-4H3,(H3,19,20,21). The van der Waals surface area contributed by atoms with Crippen molar-refractivity contribution in [2.24, 2.45) is 10.7 Å². The van der Waals surface area contributed by atoms with E-state index in [9.17, 15) is 8.42 Å². The molecule has 0 aliphatic carbocycles. The topological polar surface area (TPSA) is 84.5 Å². The van der Waals surface area contributed by atoms with Crippen LogP contribution in [0.25, 0.3) is 0 Å². The first kappa shape index (κ1) is 18.0. The Morgan fingerprint density at radius 1 is 1.04 bits per heavy atom. The zero-order chi connectivity index (χ0) is 17.9. The molecule has 0 aromatic heterocycles. The van der Waals surface area contributed by atoms with E-state index in [0.29, 0.717) is 12.1 Å². The van der Waals surface area contributed by atoms with Crippen LogP contribution in [0.2, 0.25) is 0 Å². The molecule has 0 radical (unpaired) electrons. The summed E-state index contributed by atoms with van der Waals surface area (Å²) in [5.74, 6) is -0.115. The first-order chi connectivity index (χ1) is 11.2. The van der Waals surface area contributed by atoms with Crippen molar-refractivity contribution in [3.63, 3.8) is 0 Å². The van der Waals surface area contributed by atoms with Crippen LogP contribution >= 0.6 is 0 Å². The van der Waals surface area contributed by atoms with Crippen molar-refractivity contribution in [2.75, 3.05) is 0 Å². The van der Waals surface area contributed by atoms with Gasteiger partial charge in [-0.1, -0.05) is 36.4 Å². The molecule has 0 aliphatic rings. The van der Waals surface area contributed by atoms with Gasteiger partial charge in [0.15, 0.2) is 0 Å². The number of nitrogens with two attached hydrogens (primary N) is 1. The molecule has 2 aromatic carbocycles. The molecular formula is C18H23N3O2S. The minimum absolute atomic E-state index is 0.115. The molecule has 0 heterocycles. The zero-order valence-electron chi connectivity index (χ0n) is 14.4. The van der Waals surface area contributed by atoms with E-state index in [2.05, 4.69) is 9.71 Å². The van der Waals surface area contributed by atoms with Crippen molar-refractivity contribution in [1.29, 1.82) is 0 Å². The van der Waals surface area contributed by atoms with Crippen LogP contribution in [0.1, 0.15) is 27.8 Å². The SMILES string of the molecule is Cc1cc(C)c(S(=O)(=O)NC(N)=NCc2ccccc2)c(C)c1C. The number of hydrogen-bond acceptors (Lipinski definition) is 3. The molecule has 0 atom stereocenters. The highest BCUT2D eigenvalue weighted by Crippen LogP contribution is 2.25. The average Bonchev–Trinajstić information content (AvgIpc) is 2.51. The van der Waals surface area contributed by atoms with Crippen molar-refractivity contribution in [1.82, 2.24) is 4.72 Å². The highest BCUT2D eigenvalue weighted by Gasteiger charge is 2.22. The Labute approximate surface area is 143 Å². The zero-order valence-corrected chi connectivity index (χ0v) is 15.2. The van der Waals surface area contributed by atoms with Crippen LogP contribution in [0, 0.1) is 27.7 Å². The maximum Gasteiger partial charge on any atom is 0.264 e. The number of aliphatic imine (C=N–C) groups is 1. The van der Waals surface area contributed by atoms with E-state index in [1.165, 1.54) is 0 Å². The van der Waals surface area contributed by atoms with Gasteiger partial charge >= 0.3 is 0 Å². The van der Waals surface area contributed by atoms with Crippen molar-refractivity contribution < 1.29 is 8.42 Å². The molecule has 0 unspecified atom stereocenters. The summed E-state index contributed by atoms with van der Waals surface area (Å²) >= 11 is 0. The summed E-state index contributed by atoms with van der Waals surface area (Å²) in [6, 6.07) is 11.4. The second-order valence-electron chi connectivity index (χ2n) is 5.88. The summed E-state index contributed by atoms with van der Waals surface area (Å²) in [6.07, 6.45) is 0. The van der Waals surface area contributed by atoms with E-state index < -0.39 is 10.0 Å². The lowest BCUT2D eigenvalue weighted by Gasteiger charge is -2.16. The minimum Gasteiger partial charge on any atom is -0.369 e. The van der Waals surface area contributed by atoms with Crippen LogP contribution in [0.4, 0.5) is 0 Å². The largest absolute Gasteiger partial charge is 0.369 e. The number of guanidine groups is 1. The second-order valence-corrected chi connectivity index (χ2v) is 7.50. The fraction of sp³-hybridized carbons (Fsp3) is 0.278. The van der Waals surface area contributed by atoms with Crippen molar-refractivity contribution >= 4 is 16.0 Å². The van der Waals surface area contributed by atoms with Gasteiger partial charge in [-0.2, -0.15) is 0 Å². The molecule has 0 bridgehead atoms. The maximum absolute atomic E-state index is 12.7. The van der Waals surface area contributed by atoms with Gasteiger partial charge in [0.05, 0.1) is 11.4 Å². The summed E-state index contributed by atoms with van der Waals surface area (Å²) in [5.41, 5.74) is 10.2. The molecule has 0 fully saturated rings. The van der Waals surface area contributed by atoms with Crippen LogP contribution in [0.15, 0.2) is 46.3 Å². The number of rotatable bonds is 4. The first-order valence-electron chi connectivity index (χ1n) is 7.66. The minimum atomic E-state index is -3.77. The summed E-state index contributed by atoms with van der Waals surface area (Å²) in [5, 5.41) is 0. The van der Waals surface area contributed by atoms with E-state index in [0.717, 1.165) is 22.3 Å². The normalized spacial score (nSPS) is 12.2. The molecule has 6 heteroatoms. The Balaban J connectivity index is 2.27. The fourth-order valence-corrected chi connectivity index (χ4v) is 4.14. The van der Waals surface area contributed by atoms with E-state index >= 15 is 0 Å². The van der Waals surface area contributed by atoms with Gasteiger partial charge in [-0.15, -0.1) is 0 Å². The second kappa shape index (κ2) is 7.05. The van der Waals surface area contributed by atoms with Gasteiger partial charge in [-0.3, -0.25) is 0 Å². The Hall–Kier alpha value is -2.34. The summed E-state index contributed by atoms with van der Waals surface area (Å²) in [4.78, 5) is 4.38. The van der Waals surface area contributed by atoms with E-state index in [1.807, 2.05) is 50.2 Å². The van der Waals surface area contributed by atoms with Crippen LogP contribution in [-0.4, -0.2) is 14.4 Å².